The summed E-state index contributed by atoms with van der Waals surface area (Å²) in [4.78, 5) is 43.8. The molecule has 2 saturated heterocycles. The zero-order valence-corrected chi connectivity index (χ0v) is 21.2. The molecule has 2 fully saturated rings. The lowest BCUT2D eigenvalue weighted by molar-refractivity contribution is -0.148. The molecule has 0 bridgehead atoms. The van der Waals surface area contributed by atoms with Gasteiger partial charge in [-0.05, 0) is 57.2 Å². The third-order valence-electron chi connectivity index (χ3n) is 7.65. The van der Waals surface area contributed by atoms with Gasteiger partial charge in [0.1, 0.15) is 11.8 Å². The zero-order chi connectivity index (χ0) is 24.9. The highest BCUT2D eigenvalue weighted by Gasteiger charge is 2.51. The number of piperidine rings is 1. The van der Waals surface area contributed by atoms with Crippen LogP contribution in [0.3, 0.4) is 0 Å². The molecule has 1 aromatic rings. The van der Waals surface area contributed by atoms with Crippen LogP contribution in [-0.4, -0.2) is 60.3 Å². The lowest BCUT2D eigenvalue weighted by atomic mass is 9.85. The Morgan fingerprint density at radius 1 is 1.03 bits per heavy atom. The fraction of sp³-hybridized carbons (Fsp3) is 0.607. The van der Waals surface area contributed by atoms with E-state index in [9.17, 15) is 14.4 Å². The van der Waals surface area contributed by atoms with Crippen LogP contribution in [0.1, 0.15) is 64.0 Å². The lowest BCUT2D eigenvalue weighted by Crippen LogP contribution is -2.52. The maximum atomic E-state index is 13.6. The number of allylic oxidation sites excluding steroid dienone is 2. The van der Waals surface area contributed by atoms with E-state index in [1.165, 1.54) is 11.3 Å². The van der Waals surface area contributed by atoms with Gasteiger partial charge in [0, 0.05) is 12.1 Å². The van der Waals surface area contributed by atoms with Gasteiger partial charge >= 0.3 is 0 Å². The Morgan fingerprint density at radius 2 is 1.66 bits per heavy atom. The van der Waals surface area contributed by atoms with Crippen molar-refractivity contribution >= 4 is 17.7 Å². The van der Waals surface area contributed by atoms with Gasteiger partial charge in [0.2, 0.25) is 17.7 Å². The molecule has 1 N–H and O–H groups in total. The van der Waals surface area contributed by atoms with Gasteiger partial charge in [0.05, 0.1) is 25.0 Å². The highest BCUT2D eigenvalue weighted by atomic mass is 16.5. The van der Waals surface area contributed by atoms with Crippen LogP contribution in [0.15, 0.2) is 36.4 Å². The minimum Gasteiger partial charge on any atom is -0.496 e. The summed E-state index contributed by atoms with van der Waals surface area (Å²) in [5.74, 6) is -0.320. The summed E-state index contributed by atoms with van der Waals surface area (Å²) in [5.41, 5.74) is 1.04. The summed E-state index contributed by atoms with van der Waals surface area (Å²) < 4.78 is 5.64. The van der Waals surface area contributed by atoms with Crippen molar-refractivity contribution in [3.05, 3.63) is 42.0 Å². The third kappa shape index (κ3) is 5.45. The highest BCUT2D eigenvalue weighted by Crippen LogP contribution is 2.37. The highest BCUT2D eigenvalue weighted by molar-refractivity contribution is 6.08. The molecule has 0 saturated carbocycles. The molecule has 0 unspecified atom stereocenters. The van der Waals surface area contributed by atoms with Crippen LogP contribution in [-0.2, 0) is 14.4 Å². The number of hydrogen-bond acceptors (Lipinski definition) is 5. The van der Waals surface area contributed by atoms with Crippen LogP contribution < -0.4 is 10.1 Å². The van der Waals surface area contributed by atoms with E-state index in [2.05, 4.69) is 16.3 Å². The molecule has 0 spiro atoms. The average molecular weight is 482 g/mol. The number of methoxy groups -OCH3 is 1. The van der Waals surface area contributed by atoms with E-state index in [0.29, 0.717) is 25.8 Å². The van der Waals surface area contributed by atoms with Crippen LogP contribution in [0.5, 0.6) is 5.75 Å². The van der Waals surface area contributed by atoms with Gasteiger partial charge in [-0.25, -0.2) is 0 Å². The number of ether oxygens (including phenoxy) is 1. The number of carbonyl (C=O) groups is 3. The van der Waals surface area contributed by atoms with E-state index in [0.717, 1.165) is 37.2 Å². The fourth-order valence-corrected chi connectivity index (χ4v) is 5.83. The maximum absolute atomic E-state index is 13.6. The normalized spacial score (nSPS) is 24.4. The number of rotatable bonds is 9. The Kier molecular flexibility index (Phi) is 8.26. The first-order valence-corrected chi connectivity index (χ1v) is 13.1. The zero-order valence-electron chi connectivity index (χ0n) is 21.2. The number of hydrogen-bond donors (Lipinski definition) is 1. The van der Waals surface area contributed by atoms with Gasteiger partial charge in [-0.3, -0.25) is 24.2 Å². The van der Waals surface area contributed by atoms with Crippen molar-refractivity contribution in [1.29, 1.82) is 0 Å². The van der Waals surface area contributed by atoms with E-state index >= 15 is 0 Å². The van der Waals surface area contributed by atoms with Crippen LogP contribution in [0.4, 0.5) is 0 Å². The average Bonchev–Trinajstić information content (AvgIpc) is 3.13. The molecule has 3 amide bonds. The third-order valence-corrected chi connectivity index (χ3v) is 7.65. The van der Waals surface area contributed by atoms with Crippen molar-refractivity contribution in [1.82, 2.24) is 15.1 Å². The number of amides is 3. The molecule has 4 atom stereocenters. The summed E-state index contributed by atoms with van der Waals surface area (Å²) in [5, 5.41) is 3.14. The molecule has 7 heteroatoms. The molecule has 190 valence electrons. The first-order valence-electron chi connectivity index (χ1n) is 13.1. The van der Waals surface area contributed by atoms with E-state index in [-0.39, 0.29) is 41.5 Å². The minimum absolute atomic E-state index is 0.0353. The quantitative estimate of drug-likeness (QED) is 0.430. The number of benzene rings is 1. The smallest absolute Gasteiger partial charge is 0.243 e. The Balaban J connectivity index is 1.54. The van der Waals surface area contributed by atoms with E-state index in [4.69, 9.17) is 4.74 Å². The van der Waals surface area contributed by atoms with Crippen LogP contribution >= 0.6 is 0 Å². The van der Waals surface area contributed by atoms with Crippen molar-refractivity contribution in [2.24, 2.45) is 17.8 Å². The molecule has 4 rings (SSSR count). The Hall–Kier alpha value is -2.67. The molecule has 0 radical (unpaired) electrons. The molecular formula is C28H39N3O4. The Morgan fingerprint density at radius 3 is 2.26 bits per heavy atom. The standard InChI is InChI=1S/C28H39N3O4/c1-19(2)17-23(31-27(33)20-11-5-6-12-21(20)28(31)34)26(32)29-18-24(30-15-9-4-10-16-30)22-13-7-8-14-25(22)35-3/h5-8,13-14,19-21,23-24H,4,9-12,15-18H2,1-3H3,(H,29,32)/t20-,21+,23-,24-/m1/s1. The predicted octanol–water partition coefficient (Wildman–Crippen LogP) is 3.70. The van der Waals surface area contributed by atoms with Crippen molar-refractivity contribution in [3.8, 4) is 5.75 Å². The van der Waals surface area contributed by atoms with Crippen molar-refractivity contribution in [2.75, 3.05) is 26.7 Å². The summed E-state index contributed by atoms with van der Waals surface area (Å²) in [7, 11) is 1.67. The Labute approximate surface area is 208 Å². The fourth-order valence-electron chi connectivity index (χ4n) is 5.83. The number of nitrogens with one attached hydrogen (secondary N) is 1. The minimum atomic E-state index is -0.778. The largest absolute Gasteiger partial charge is 0.496 e. The van der Waals surface area contributed by atoms with Crippen LogP contribution in [0.2, 0.25) is 0 Å². The molecule has 1 aromatic carbocycles. The van der Waals surface area contributed by atoms with Gasteiger partial charge in [-0.2, -0.15) is 0 Å². The van der Waals surface area contributed by atoms with Gasteiger partial charge < -0.3 is 10.1 Å². The van der Waals surface area contributed by atoms with Gasteiger partial charge in [0.15, 0.2) is 0 Å². The van der Waals surface area contributed by atoms with Crippen molar-refractivity contribution in [2.45, 2.75) is 64.5 Å². The first-order chi connectivity index (χ1) is 16.9. The molecule has 2 heterocycles. The van der Waals surface area contributed by atoms with E-state index < -0.39 is 6.04 Å². The number of nitrogens with zero attached hydrogens (tertiary/aromatic N) is 2. The lowest BCUT2D eigenvalue weighted by Gasteiger charge is -2.36. The maximum Gasteiger partial charge on any atom is 0.243 e. The summed E-state index contributed by atoms with van der Waals surface area (Å²) >= 11 is 0. The molecule has 2 aliphatic heterocycles. The summed E-state index contributed by atoms with van der Waals surface area (Å²) in [6, 6.07) is 7.14. The van der Waals surface area contributed by atoms with Gasteiger partial charge in [-0.15, -0.1) is 0 Å². The second kappa shape index (κ2) is 11.4. The van der Waals surface area contributed by atoms with Gasteiger partial charge in [-0.1, -0.05) is 50.6 Å². The number of imide groups is 1. The molecular weight excluding hydrogens is 442 g/mol. The SMILES string of the molecule is COc1ccccc1[C@@H](CNC(=O)[C@@H](CC(C)C)N1C(=O)[C@H]2CC=CC[C@H]2C1=O)N1CCCCC1. The van der Waals surface area contributed by atoms with E-state index in [1.807, 2.05) is 44.2 Å². The number of carbonyl (C=O) groups excluding carboxylic acids is 3. The molecule has 1 aliphatic carbocycles. The van der Waals surface area contributed by atoms with Crippen molar-refractivity contribution < 1.29 is 19.1 Å². The Bertz CT molecular complexity index is 927. The van der Waals surface area contributed by atoms with E-state index in [1.54, 1.807) is 7.11 Å². The van der Waals surface area contributed by atoms with Crippen LogP contribution in [0.25, 0.3) is 0 Å². The second-order valence-electron chi connectivity index (χ2n) is 10.4. The molecule has 35 heavy (non-hydrogen) atoms. The molecule has 0 aromatic heterocycles. The summed E-state index contributed by atoms with van der Waals surface area (Å²) in [6.07, 6.45) is 9.03. The van der Waals surface area contributed by atoms with Gasteiger partial charge in [0.25, 0.3) is 0 Å². The first kappa shape index (κ1) is 25.4. The van der Waals surface area contributed by atoms with Crippen LogP contribution in [0, 0.1) is 17.8 Å². The molecule has 3 aliphatic rings. The number of para-hydroxylation sites is 1. The second-order valence-corrected chi connectivity index (χ2v) is 10.4. The number of fused-ring (bicyclic) bond motifs is 1. The topological polar surface area (TPSA) is 79.0 Å². The number of likely N-dealkylation sites (tertiary alicyclic amines) is 2. The van der Waals surface area contributed by atoms with Crippen molar-refractivity contribution in [3.63, 3.8) is 0 Å². The summed E-state index contributed by atoms with van der Waals surface area (Å²) in [6.45, 7) is 6.37. The monoisotopic (exact) mass is 481 g/mol. The predicted molar refractivity (Wildman–Crippen MR) is 135 cm³/mol. The molecule has 7 nitrogen and oxygen atoms in total.